The molecule has 0 bridgehead atoms. The van der Waals surface area contributed by atoms with Crippen LogP contribution in [-0.4, -0.2) is 24.8 Å². The van der Waals surface area contributed by atoms with Gasteiger partial charge in [-0.05, 0) is 73.8 Å². The van der Waals surface area contributed by atoms with Gasteiger partial charge in [0.25, 0.3) is 0 Å². The second-order valence-electron chi connectivity index (χ2n) is 10.2. The first kappa shape index (κ1) is 30.2. The third-order valence-electron chi connectivity index (χ3n) is 6.44. The predicted octanol–water partition coefficient (Wildman–Crippen LogP) is 9.17. The number of benzene rings is 2. The summed E-state index contributed by atoms with van der Waals surface area (Å²) in [6.07, 6.45) is 16.9. The molecule has 0 fully saturated rings. The monoisotopic (exact) mass is 512 g/mol. The van der Waals surface area contributed by atoms with E-state index in [0.717, 1.165) is 49.4 Å². The first-order valence-corrected chi connectivity index (χ1v) is 16.7. The zero-order valence-electron chi connectivity index (χ0n) is 22.6. The summed E-state index contributed by atoms with van der Waals surface area (Å²) in [7, 11) is -2.82. The molecule has 0 saturated carbocycles. The Morgan fingerprint density at radius 2 is 1.14 bits per heavy atom. The molecule has 0 spiro atoms. The van der Waals surface area contributed by atoms with Gasteiger partial charge in [0.2, 0.25) is 0 Å². The summed E-state index contributed by atoms with van der Waals surface area (Å²) in [5, 5.41) is 8.72. The summed E-state index contributed by atoms with van der Waals surface area (Å²) in [6, 6.07) is 16.8. The Bertz CT molecular complexity index is 833. The van der Waals surface area contributed by atoms with Crippen molar-refractivity contribution in [3.05, 3.63) is 54.1 Å². The van der Waals surface area contributed by atoms with Crippen LogP contribution >= 0.6 is 0 Å². The van der Waals surface area contributed by atoms with Crippen LogP contribution in [0.15, 0.2) is 58.8 Å². The first-order chi connectivity index (χ1) is 17.5. The molecule has 0 aliphatic carbocycles. The van der Waals surface area contributed by atoms with E-state index >= 15 is 0 Å². The lowest BCUT2D eigenvalue weighted by Gasteiger charge is -2.10. The van der Waals surface area contributed by atoms with Crippen LogP contribution in [0.3, 0.4) is 0 Å². The number of nitrogens with zero attached hydrogens (tertiary/aromatic N) is 2. The van der Waals surface area contributed by atoms with Gasteiger partial charge in [-0.3, -0.25) is 0 Å². The average molecular weight is 513 g/mol. The van der Waals surface area contributed by atoms with Crippen LogP contribution in [0, 0.1) is 0 Å². The fraction of sp³-hybridized carbons (Fsp3) is 0.600. The van der Waals surface area contributed by atoms with E-state index in [1.54, 1.807) is 6.55 Å². The first-order valence-electron chi connectivity index (χ1n) is 14.1. The third kappa shape index (κ3) is 15.2. The summed E-state index contributed by atoms with van der Waals surface area (Å²) >= 11 is 0. The van der Waals surface area contributed by atoms with Crippen LogP contribution in [0.25, 0.3) is 0 Å². The summed E-state index contributed by atoms with van der Waals surface area (Å²) in [5.41, 5.74) is 3.08. The van der Waals surface area contributed by atoms with Gasteiger partial charge >= 0.3 is 8.56 Å². The average Bonchev–Trinajstić information content (AvgIpc) is 2.87. The second-order valence-corrected chi connectivity index (χ2v) is 13.1. The SMILES string of the molecule is CCCCCCc1ccc(N=Nc2ccc(OCCCCCCCCCCC[Si](C)(O)O)cc2)cc1. The van der Waals surface area contributed by atoms with E-state index in [9.17, 15) is 9.59 Å². The highest BCUT2D eigenvalue weighted by molar-refractivity contribution is 6.63. The Kier molecular flexibility index (Phi) is 15.3. The third-order valence-corrected chi connectivity index (χ3v) is 7.74. The number of hydrogen-bond acceptors (Lipinski definition) is 5. The van der Waals surface area contributed by atoms with E-state index in [4.69, 9.17) is 4.74 Å². The molecule has 0 aliphatic heterocycles. The number of unbranched alkanes of at least 4 members (excludes halogenated alkanes) is 11. The Balaban J connectivity index is 1.52. The van der Waals surface area contributed by atoms with E-state index in [2.05, 4.69) is 29.3 Å². The number of rotatable bonds is 20. The quantitative estimate of drug-likeness (QED) is 0.105. The van der Waals surface area contributed by atoms with Gasteiger partial charge < -0.3 is 14.3 Å². The maximum atomic E-state index is 9.42. The number of ether oxygens (including phenoxy) is 1. The van der Waals surface area contributed by atoms with Gasteiger partial charge in [0.05, 0.1) is 18.0 Å². The Morgan fingerprint density at radius 3 is 1.69 bits per heavy atom. The lowest BCUT2D eigenvalue weighted by molar-refractivity contribution is 0.304. The van der Waals surface area contributed by atoms with Crippen molar-refractivity contribution < 1.29 is 14.3 Å². The van der Waals surface area contributed by atoms with E-state index < -0.39 is 8.56 Å². The molecule has 0 radical (unpaired) electrons. The van der Waals surface area contributed by atoms with Crippen LogP contribution in [-0.2, 0) is 6.42 Å². The minimum Gasteiger partial charge on any atom is -0.494 e. The minimum absolute atomic E-state index is 0.605. The molecular weight excluding hydrogens is 464 g/mol. The van der Waals surface area contributed by atoms with E-state index in [1.165, 1.54) is 69.8 Å². The van der Waals surface area contributed by atoms with E-state index in [-0.39, 0.29) is 0 Å². The van der Waals surface area contributed by atoms with Crippen molar-refractivity contribution in [2.75, 3.05) is 6.61 Å². The number of azo groups is 1. The maximum Gasteiger partial charge on any atom is 0.329 e. The van der Waals surface area contributed by atoms with Crippen LogP contribution in [0.4, 0.5) is 11.4 Å². The molecule has 0 amide bonds. The van der Waals surface area contributed by atoms with Gasteiger partial charge in [-0.25, -0.2) is 0 Å². The zero-order valence-corrected chi connectivity index (χ0v) is 23.6. The van der Waals surface area contributed by atoms with Gasteiger partial charge in [0.1, 0.15) is 5.75 Å². The molecule has 0 unspecified atom stereocenters. The summed E-state index contributed by atoms with van der Waals surface area (Å²) in [6.45, 7) is 4.58. The largest absolute Gasteiger partial charge is 0.494 e. The van der Waals surface area contributed by atoms with Crippen LogP contribution < -0.4 is 4.74 Å². The van der Waals surface area contributed by atoms with E-state index in [1.807, 2.05) is 36.4 Å². The molecule has 0 aliphatic rings. The molecular formula is C30H48N2O3Si. The lowest BCUT2D eigenvalue weighted by atomic mass is 10.1. The van der Waals surface area contributed by atoms with Gasteiger partial charge in [0, 0.05) is 0 Å². The molecule has 2 N–H and O–H groups in total. The highest BCUT2D eigenvalue weighted by Gasteiger charge is 2.19. The Labute approximate surface area is 220 Å². The molecule has 2 rings (SSSR count). The smallest absolute Gasteiger partial charge is 0.329 e. The standard InChI is InChI=1S/C30H48N2O3Si/c1-3-4-5-13-16-27-17-19-28(20-18-27)31-32-29-21-23-30(24-22-29)35-25-14-11-9-7-6-8-10-12-15-26-36(2,33)34/h17-24,33-34H,3-16,25-26H2,1-2H3. The van der Waals surface area contributed by atoms with Crippen molar-refractivity contribution in [3.63, 3.8) is 0 Å². The number of hydrogen-bond donors (Lipinski definition) is 2. The van der Waals surface area contributed by atoms with Gasteiger partial charge in [-0.1, -0.05) is 89.7 Å². The molecule has 0 saturated heterocycles. The topological polar surface area (TPSA) is 74.4 Å². The molecule has 6 heteroatoms. The molecule has 0 heterocycles. The highest BCUT2D eigenvalue weighted by atomic mass is 28.4. The van der Waals surface area contributed by atoms with Gasteiger partial charge in [-0.15, -0.1) is 0 Å². The van der Waals surface area contributed by atoms with Crippen molar-refractivity contribution in [1.29, 1.82) is 0 Å². The van der Waals surface area contributed by atoms with E-state index in [0.29, 0.717) is 6.04 Å². The summed E-state index contributed by atoms with van der Waals surface area (Å²) < 4.78 is 5.87. The minimum atomic E-state index is -2.82. The van der Waals surface area contributed by atoms with Crippen LogP contribution in [0.1, 0.15) is 96.0 Å². The Hall–Kier alpha value is -2.02. The van der Waals surface area contributed by atoms with Crippen molar-refractivity contribution in [2.45, 2.75) is 109 Å². The zero-order chi connectivity index (χ0) is 25.9. The van der Waals surface area contributed by atoms with Crippen LogP contribution in [0.2, 0.25) is 12.6 Å². The molecule has 36 heavy (non-hydrogen) atoms. The fourth-order valence-electron chi connectivity index (χ4n) is 4.20. The summed E-state index contributed by atoms with van der Waals surface area (Å²) in [4.78, 5) is 18.8. The highest BCUT2D eigenvalue weighted by Crippen LogP contribution is 2.22. The van der Waals surface area contributed by atoms with Crippen molar-refractivity contribution in [1.82, 2.24) is 0 Å². The molecule has 5 nitrogen and oxygen atoms in total. The predicted molar refractivity (Wildman–Crippen MR) is 153 cm³/mol. The normalized spacial score (nSPS) is 11.9. The Morgan fingerprint density at radius 1 is 0.639 bits per heavy atom. The second kappa shape index (κ2) is 18.3. The van der Waals surface area contributed by atoms with Gasteiger partial charge in [0.15, 0.2) is 0 Å². The summed E-state index contributed by atoms with van der Waals surface area (Å²) in [5.74, 6) is 0.881. The maximum absolute atomic E-state index is 9.42. The lowest BCUT2D eigenvalue weighted by Crippen LogP contribution is -2.29. The van der Waals surface area contributed by atoms with Crippen molar-refractivity contribution in [3.8, 4) is 5.75 Å². The molecule has 200 valence electrons. The molecule has 2 aromatic rings. The molecule has 0 atom stereocenters. The molecule has 0 aromatic heterocycles. The van der Waals surface area contributed by atoms with Crippen LogP contribution in [0.5, 0.6) is 5.75 Å². The van der Waals surface area contributed by atoms with Gasteiger partial charge in [-0.2, -0.15) is 10.2 Å². The number of aryl methyl sites for hydroxylation is 1. The van der Waals surface area contributed by atoms with Crippen molar-refractivity contribution in [2.24, 2.45) is 10.2 Å². The molecule has 2 aromatic carbocycles. The van der Waals surface area contributed by atoms with Crippen molar-refractivity contribution >= 4 is 19.9 Å². The fourth-order valence-corrected chi connectivity index (χ4v) is 5.12.